The quantitative estimate of drug-likeness (QED) is 0.668. The van der Waals surface area contributed by atoms with E-state index >= 15 is 0 Å². The molecule has 2 rings (SSSR count). The molecule has 0 aliphatic rings. The highest BCUT2D eigenvalue weighted by atomic mass is 79.9. The molecule has 2 nitrogen and oxygen atoms in total. The molecule has 0 atom stereocenters. The highest BCUT2D eigenvalue weighted by molar-refractivity contribution is 9.10. The summed E-state index contributed by atoms with van der Waals surface area (Å²) in [5.41, 5.74) is 8.65. The number of nitrogens with two attached hydrogens (primary N) is 1. The van der Waals surface area contributed by atoms with E-state index in [1.165, 1.54) is 12.1 Å². The van der Waals surface area contributed by atoms with Crippen molar-refractivity contribution in [3.05, 3.63) is 63.9 Å². The summed E-state index contributed by atoms with van der Waals surface area (Å²) >= 11 is 3.32. The maximum absolute atomic E-state index is 12.9. The molecule has 0 saturated carbocycles. The number of benzene rings is 2. The zero-order chi connectivity index (χ0) is 13.7. The molecular formula is C15H15BrFNO. The minimum atomic E-state index is -0.257. The summed E-state index contributed by atoms with van der Waals surface area (Å²) in [5, 5.41) is 0. The van der Waals surface area contributed by atoms with Gasteiger partial charge in [-0.1, -0.05) is 40.2 Å². The fourth-order valence-electron chi connectivity index (χ4n) is 1.76. The maximum atomic E-state index is 12.9. The molecule has 2 N–H and O–H groups in total. The third kappa shape index (κ3) is 4.04. The standard InChI is InChI=1S/C15H15BrFNO/c16-14-9-13(17)6-5-12(14)10-19-8-7-11-3-1-2-4-15(11)18/h1-6,9H,7-8,10,18H2. The van der Waals surface area contributed by atoms with Crippen LogP contribution in [0.5, 0.6) is 0 Å². The number of halogens is 2. The van der Waals surface area contributed by atoms with Gasteiger partial charge in [0.25, 0.3) is 0 Å². The first kappa shape index (κ1) is 14.0. The van der Waals surface area contributed by atoms with Crippen LogP contribution in [-0.4, -0.2) is 6.61 Å². The topological polar surface area (TPSA) is 35.2 Å². The van der Waals surface area contributed by atoms with E-state index < -0.39 is 0 Å². The van der Waals surface area contributed by atoms with E-state index in [1.54, 1.807) is 6.07 Å². The van der Waals surface area contributed by atoms with Gasteiger partial charge in [-0.15, -0.1) is 0 Å². The summed E-state index contributed by atoms with van der Waals surface area (Å²) in [4.78, 5) is 0. The Morgan fingerprint density at radius 2 is 1.89 bits per heavy atom. The van der Waals surface area contributed by atoms with E-state index in [0.717, 1.165) is 27.7 Å². The Kier molecular flexibility index (Phi) is 4.93. The number of nitrogen functional groups attached to an aromatic ring is 1. The van der Waals surface area contributed by atoms with Crippen LogP contribution in [0.4, 0.5) is 10.1 Å². The van der Waals surface area contributed by atoms with Gasteiger partial charge in [0.15, 0.2) is 0 Å². The highest BCUT2D eigenvalue weighted by Gasteiger charge is 2.02. The molecule has 0 amide bonds. The van der Waals surface area contributed by atoms with E-state index in [0.29, 0.717) is 13.2 Å². The smallest absolute Gasteiger partial charge is 0.124 e. The average molecular weight is 324 g/mol. The number of anilines is 1. The largest absolute Gasteiger partial charge is 0.399 e. The molecule has 2 aromatic carbocycles. The highest BCUT2D eigenvalue weighted by Crippen LogP contribution is 2.19. The Bertz CT molecular complexity index is 560. The van der Waals surface area contributed by atoms with Crippen molar-refractivity contribution in [2.24, 2.45) is 0 Å². The van der Waals surface area contributed by atoms with Gasteiger partial charge in [0.1, 0.15) is 5.82 Å². The van der Waals surface area contributed by atoms with E-state index in [4.69, 9.17) is 10.5 Å². The maximum Gasteiger partial charge on any atom is 0.124 e. The minimum absolute atomic E-state index is 0.257. The van der Waals surface area contributed by atoms with Crippen molar-refractivity contribution in [1.29, 1.82) is 0 Å². The molecule has 0 heterocycles. The van der Waals surface area contributed by atoms with Gasteiger partial charge in [0.05, 0.1) is 13.2 Å². The van der Waals surface area contributed by atoms with Gasteiger partial charge in [-0.3, -0.25) is 0 Å². The molecule has 0 aliphatic heterocycles. The SMILES string of the molecule is Nc1ccccc1CCOCc1ccc(F)cc1Br. The molecular weight excluding hydrogens is 309 g/mol. The van der Waals surface area contributed by atoms with Gasteiger partial charge in [0, 0.05) is 10.2 Å². The van der Waals surface area contributed by atoms with Crippen LogP contribution in [0, 0.1) is 5.82 Å². The lowest BCUT2D eigenvalue weighted by molar-refractivity contribution is 0.123. The summed E-state index contributed by atoms with van der Waals surface area (Å²) in [6, 6.07) is 12.3. The van der Waals surface area contributed by atoms with Gasteiger partial charge in [0.2, 0.25) is 0 Å². The molecule has 100 valence electrons. The number of hydrogen-bond acceptors (Lipinski definition) is 2. The van der Waals surface area contributed by atoms with Crippen LogP contribution in [0.1, 0.15) is 11.1 Å². The molecule has 0 aliphatic carbocycles. The van der Waals surface area contributed by atoms with E-state index in [2.05, 4.69) is 15.9 Å². The van der Waals surface area contributed by atoms with Crippen molar-refractivity contribution in [3.63, 3.8) is 0 Å². The second-order valence-electron chi connectivity index (χ2n) is 4.24. The molecule has 4 heteroatoms. The van der Waals surface area contributed by atoms with Crippen LogP contribution in [0.15, 0.2) is 46.9 Å². The molecule has 19 heavy (non-hydrogen) atoms. The number of rotatable bonds is 5. The Labute approximate surface area is 120 Å². The Morgan fingerprint density at radius 3 is 2.63 bits per heavy atom. The normalized spacial score (nSPS) is 10.6. The third-order valence-electron chi connectivity index (χ3n) is 2.84. The molecule has 0 bridgehead atoms. The van der Waals surface area contributed by atoms with Crippen LogP contribution >= 0.6 is 15.9 Å². The van der Waals surface area contributed by atoms with Crippen molar-refractivity contribution in [2.75, 3.05) is 12.3 Å². The summed E-state index contributed by atoms with van der Waals surface area (Å²) < 4.78 is 19.2. The van der Waals surface area contributed by atoms with Gasteiger partial charge in [-0.2, -0.15) is 0 Å². The molecule has 0 aromatic heterocycles. The van der Waals surface area contributed by atoms with Crippen molar-refractivity contribution in [2.45, 2.75) is 13.0 Å². The number of para-hydroxylation sites is 1. The van der Waals surface area contributed by atoms with Crippen LogP contribution in [0.2, 0.25) is 0 Å². The molecule has 0 unspecified atom stereocenters. The number of hydrogen-bond donors (Lipinski definition) is 1. The molecule has 0 spiro atoms. The number of ether oxygens (including phenoxy) is 1. The van der Waals surface area contributed by atoms with E-state index in [-0.39, 0.29) is 5.82 Å². The summed E-state index contributed by atoms with van der Waals surface area (Å²) in [5.74, 6) is -0.257. The second kappa shape index (κ2) is 6.68. The van der Waals surface area contributed by atoms with Crippen LogP contribution in [0.25, 0.3) is 0 Å². The first-order chi connectivity index (χ1) is 9.16. The Hall–Kier alpha value is -1.39. The van der Waals surface area contributed by atoms with Gasteiger partial charge in [-0.25, -0.2) is 4.39 Å². The molecule has 0 saturated heterocycles. The predicted molar refractivity (Wildman–Crippen MR) is 78.3 cm³/mol. The fraction of sp³-hybridized carbons (Fsp3) is 0.200. The first-order valence-electron chi connectivity index (χ1n) is 6.02. The molecule has 0 fully saturated rings. The van der Waals surface area contributed by atoms with E-state index in [9.17, 15) is 4.39 Å². The van der Waals surface area contributed by atoms with Crippen molar-refractivity contribution in [3.8, 4) is 0 Å². The lowest BCUT2D eigenvalue weighted by Crippen LogP contribution is -2.02. The lowest BCUT2D eigenvalue weighted by atomic mass is 10.1. The monoisotopic (exact) mass is 323 g/mol. The summed E-state index contributed by atoms with van der Waals surface area (Å²) in [6.45, 7) is 1.03. The van der Waals surface area contributed by atoms with Crippen LogP contribution in [-0.2, 0) is 17.8 Å². The first-order valence-corrected chi connectivity index (χ1v) is 6.81. The van der Waals surface area contributed by atoms with Crippen molar-refractivity contribution < 1.29 is 9.13 Å². The third-order valence-corrected chi connectivity index (χ3v) is 3.58. The zero-order valence-corrected chi connectivity index (χ0v) is 12.0. The Balaban J connectivity index is 1.83. The zero-order valence-electron chi connectivity index (χ0n) is 10.4. The summed E-state index contributed by atoms with van der Waals surface area (Å²) in [7, 11) is 0. The molecule has 0 radical (unpaired) electrons. The van der Waals surface area contributed by atoms with Crippen LogP contribution < -0.4 is 5.73 Å². The minimum Gasteiger partial charge on any atom is -0.399 e. The van der Waals surface area contributed by atoms with E-state index in [1.807, 2.05) is 24.3 Å². The van der Waals surface area contributed by atoms with Crippen molar-refractivity contribution >= 4 is 21.6 Å². The van der Waals surface area contributed by atoms with Gasteiger partial charge < -0.3 is 10.5 Å². The predicted octanol–water partition coefficient (Wildman–Crippen LogP) is 3.93. The second-order valence-corrected chi connectivity index (χ2v) is 5.09. The van der Waals surface area contributed by atoms with Crippen LogP contribution in [0.3, 0.4) is 0 Å². The van der Waals surface area contributed by atoms with Crippen molar-refractivity contribution in [1.82, 2.24) is 0 Å². The fourth-order valence-corrected chi connectivity index (χ4v) is 2.23. The molecule has 2 aromatic rings. The summed E-state index contributed by atoms with van der Waals surface area (Å²) in [6.07, 6.45) is 0.769. The van der Waals surface area contributed by atoms with Gasteiger partial charge >= 0.3 is 0 Å². The lowest BCUT2D eigenvalue weighted by Gasteiger charge is -2.08. The van der Waals surface area contributed by atoms with Gasteiger partial charge in [-0.05, 0) is 35.7 Å². The Morgan fingerprint density at radius 1 is 1.11 bits per heavy atom. The average Bonchev–Trinajstić information content (AvgIpc) is 2.38.